The number of alkyl halides is 3. The SMILES string of the molecule is COCCCC1COC(CCc2ccc3c(F)c(CCc4ccc(OC(F)(F)F)c(F)c4)ccc3c2)OC1. The van der Waals surface area contributed by atoms with E-state index in [1.807, 2.05) is 18.2 Å². The van der Waals surface area contributed by atoms with Gasteiger partial charge in [-0.1, -0.05) is 36.4 Å². The highest BCUT2D eigenvalue weighted by Gasteiger charge is 2.32. The third kappa shape index (κ3) is 7.88. The summed E-state index contributed by atoms with van der Waals surface area (Å²) in [6.45, 7) is 2.10. The Bertz CT molecular complexity index is 1210. The number of fused-ring (bicyclic) bond motifs is 1. The first-order valence-corrected chi connectivity index (χ1v) is 12.7. The number of hydrogen-bond acceptors (Lipinski definition) is 4. The van der Waals surface area contributed by atoms with E-state index in [0.29, 0.717) is 42.1 Å². The summed E-state index contributed by atoms with van der Waals surface area (Å²) in [5, 5.41) is 1.25. The van der Waals surface area contributed by atoms with Gasteiger partial charge in [0.2, 0.25) is 0 Å². The van der Waals surface area contributed by atoms with E-state index in [0.717, 1.165) is 49.0 Å². The third-order valence-electron chi connectivity index (χ3n) is 6.67. The van der Waals surface area contributed by atoms with Gasteiger partial charge in [-0.2, -0.15) is 0 Å². The molecule has 0 N–H and O–H groups in total. The molecular weight excluding hydrogens is 507 g/mol. The van der Waals surface area contributed by atoms with Gasteiger partial charge in [-0.25, -0.2) is 8.78 Å². The molecule has 0 saturated carbocycles. The highest BCUT2D eigenvalue weighted by Crippen LogP contribution is 2.28. The molecule has 1 aliphatic heterocycles. The molecule has 1 saturated heterocycles. The first-order valence-electron chi connectivity index (χ1n) is 12.7. The van der Waals surface area contributed by atoms with Crippen LogP contribution < -0.4 is 4.74 Å². The van der Waals surface area contributed by atoms with Gasteiger partial charge in [-0.3, -0.25) is 0 Å². The van der Waals surface area contributed by atoms with Crippen LogP contribution in [0.15, 0.2) is 48.5 Å². The highest BCUT2D eigenvalue weighted by atomic mass is 19.4. The van der Waals surface area contributed by atoms with Crippen LogP contribution in [0.2, 0.25) is 0 Å². The summed E-state index contributed by atoms with van der Waals surface area (Å²) in [6.07, 6.45) is -1.25. The van der Waals surface area contributed by atoms with Gasteiger partial charge in [0.05, 0.1) is 13.2 Å². The van der Waals surface area contributed by atoms with Gasteiger partial charge in [0.25, 0.3) is 0 Å². The number of halogens is 5. The van der Waals surface area contributed by atoms with E-state index >= 15 is 4.39 Å². The monoisotopic (exact) mass is 538 g/mol. The molecule has 0 aromatic heterocycles. The molecule has 9 heteroatoms. The molecule has 1 aliphatic rings. The molecule has 0 atom stereocenters. The van der Waals surface area contributed by atoms with Crippen LogP contribution in [0.3, 0.4) is 0 Å². The minimum Gasteiger partial charge on any atom is -0.403 e. The molecule has 0 spiro atoms. The highest BCUT2D eigenvalue weighted by molar-refractivity contribution is 5.84. The topological polar surface area (TPSA) is 36.9 Å². The molecule has 3 aromatic carbocycles. The molecule has 1 heterocycles. The van der Waals surface area contributed by atoms with Gasteiger partial charge < -0.3 is 18.9 Å². The van der Waals surface area contributed by atoms with Gasteiger partial charge in [0.1, 0.15) is 5.82 Å². The molecule has 0 bridgehead atoms. The van der Waals surface area contributed by atoms with Crippen LogP contribution in [0.4, 0.5) is 22.0 Å². The Morgan fingerprint density at radius 2 is 1.61 bits per heavy atom. The number of aryl methyl sites for hydroxylation is 3. The lowest BCUT2D eigenvalue weighted by Gasteiger charge is -2.29. The van der Waals surface area contributed by atoms with E-state index < -0.39 is 17.9 Å². The number of ether oxygens (including phenoxy) is 4. The van der Waals surface area contributed by atoms with E-state index in [2.05, 4.69) is 4.74 Å². The zero-order chi connectivity index (χ0) is 27.1. The molecule has 0 amide bonds. The van der Waals surface area contributed by atoms with Crippen LogP contribution in [0.25, 0.3) is 10.8 Å². The molecule has 4 rings (SSSR count). The van der Waals surface area contributed by atoms with Crippen molar-refractivity contribution in [1.29, 1.82) is 0 Å². The molecular formula is C29H31F5O4. The standard InChI is InChI=1S/C29H31F5O4/c1-35-14-2-3-21-17-36-27(37-18-21)13-7-19-5-11-24-23(15-19)10-9-22(28(24)31)8-4-20-6-12-26(25(30)16-20)38-29(32,33)34/h5-6,9-12,15-16,21,27H,2-4,7-8,13-14,17-18H2,1H3. The Balaban J connectivity index is 1.31. The van der Waals surface area contributed by atoms with Crippen LogP contribution in [0.1, 0.15) is 36.0 Å². The summed E-state index contributed by atoms with van der Waals surface area (Å²) in [6, 6.07) is 12.4. The van der Waals surface area contributed by atoms with Gasteiger partial charge in [-0.15, -0.1) is 13.2 Å². The fourth-order valence-corrected chi connectivity index (χ4v) is 4.64. The maximum atomic E-state index is 15.2. The maximum absolute atomic E-state index is 15.2. The van der Waals surface area contributed by atoms with Crippen LogP contribution in [-0.2, 0) is 33.5 Å². The smallest absolute Gasteiger partial charge is 0.403 e. The second-order valence-corrected chi connectivity index (χ2v) is 9.54. The molecule has 0 radical (unpaired) electrons. The fraction of sp³-hybridized carbons (Fsp3) is 0.448. The van der Waals surface area contributed by atoms with Crippen molar-refractivity contribution in [2.75, 3.05) is 26.9 Å². The van der Waals surface area contributed by atoms with E-state index in [9.17, 15) is 17.6 Å². The van der Waals surface area contributed by atoms with Crippen molar-refractivity contribution < 1.29 is 40.9 Å². The zero-order valence-corrected chi connectivity index (χ0v) is 21.2. The second-order valence-electron chi connectivity index (χ2n) is 9.54. The van der Waals surface area contributed by atoms with Crippen LogP contribution in [-0.4, -0.2) is 39.6 Å². The molecule has 3 aromatic rings. The number of benzene rings is 3. The Hall–Kier alpha value is -2.75. The minimum atomic E-state index is -4.97. The Morgan fingerprint density at radius 1 is 0.868 bits per heavy atom. The van der Waals surface area contributed by atoms with E-state index in [1.165, 1.54) is 6.07 Å². The van der Waals surface area contributed by atoms with Crippen molar-refractivity contribution in [2.45, 2.75) is 51.2 Å². The van der Waals surface area contributed by atoms with Crippen LogP contribution >= 0.6 is 0 Å². The van der Waals surface area contributed by atoms with Crippen molar-refractivity contribution in [1.82, 2.24) is 0 Å². The van der Waals surface area contributed by atoms with Crippen molar-refractivity contribution in [3.63, 3.8) is 0 Å². The molecule has 206 valence electrons. The Kier molecular flexibility index (Phi) is 9.57. The van der Waals surface area contributed by atoms with Gasteiger partial charge >= 0.3 is 6.36 Å². The Morgan fingerprint density at radius 3 is 2.32 bits per heavy atom. The molecule has 1 fully saturated rings. The largest absolute Gasteiger partial charge is 0.573 e. The lowest BCUT2D eigenvalue weighted by molar-refractivity contribution is -0.275. The van der Waals surface area contributed by atoms with Crippen molar-refractivity contribution >= 4 is 10.8 Å². The summed E-state index contributed by atoms with van der Waals surface area (Å²) in [4.78, 5) is 0. The van der Waals surface area contributed by atoms with Gasteiger partial charge in [0, 0.05) is 31.4 Å². The predicted octanol–water partition coefficient (Wildman–Crippen LogP) is 7.15. The van der Waals surface area contributed by atoms with Gasteiger partial charge in [0.15, 0.2) is 17.9 Å². The van der Waals surface area contributed by atoms with Crippen molar-refractivity contribution in [2.24, 2.45) is 5.92 Å². The summed E-state index contributed by atoms with van der Waals surface area (Å²) < 4.78 is 86.6. The lowest BCUT2D eigenvalue weighted by atomic mass is 9.98. The summed E-state index contributed by atoms with van der Waals surface area (Å²) in [7, 11) is 1.69. The zero-order valence-electron chi connectivity index (χ0n) is 21.2. The average molecular weight is 539 g/mol. The number of rotatable bonds is 11. The van der Waals surface area contributed by atoms with Crippen LogP contribution in [0, 0.1) is 17.6 Å². The first-order chi connectivity index (χ1) is 18.2. The van der Waals surface area contributed by atoms with E-state index in [-0.39, 0.29) is 24.9 Å². The quantitative estimate of drug-likeness (QED) is 0.192. The third-order valence-corrected chi connectivity index (χ3v) is 6.67. The lowest BCUT2D eigenvalue weighted by Crippen LogP contribution is -2.32. The van der Waals surface area contributed by atoms with Gasteiger partial charge in [-0.05, 0) is 66.3 Å². The average Bonchev–Trinajstić information content (AvgIpc) is 2.89. The second kappa shape index (κ2) is 12.9. The van der Waals surface area contributed by atoms with Crippen molar-refractivity contribution in [3.8, 4) is 5.75 Å². The number of hydrogen-bond donors (Lipinski definition) is 0. The molecule has 4 nitrogen and oxygen atoms in total. The molecule has 0 aliphatic carbocycles. The maximum Gasteiger partial charge on any atom is 0.573 e. The number of methoxy groups -OCH3 is 1. The fourth-order valence-electron chi connectivity index (χ4n) is 4.64. The van der Waals surface area contributed by atoms with E-state index in [4.69, 9.17) is 14.2 Å². The molecule has 0 unspecified atom stereocenters. The van der Waals surface area contributed by atoms with Crippen LogP contribution in [0.5, 0.6) is 5.75 Å². The molecule has 38 heavy (non-hydrogen) atoms. The summed E-state index contributed by atoms with van der Waals surface area (Å²) in [5.41, 5.74) is 1.95. The van der Waals surface area contributed by atoms with Crippen molar-refractivity contribution in [3.05, 3.63) is 76.9 Å². The summed E-state index contributed by atoms with van der Waals surface area (Å²) >= 11 is 0. The minimum absolute atomic E-state index is 0.248. The predicted molar refractivity (Wildman–Crippen MR) is 133 cm³/mol. The Labute approximate surface area is 218 Å². The normalized spacial score (nSPS) is 18.2. The van der Waals surface area contributed by atoms with E-state index in [1.54, 1.807) is 19.2 Å². The first kappa shape index (κ1) is 28.3. The summed E-state index contributed by atoms with van der Waals surface area (Å²) in [5.74, 6) is -1.97.